The van der Waals surface area contributed by atoms with Gasteiger partial charge in [-0.25, -0.2) is 0 Å². The molecule has 3 N–H and O–H groups in total. The predicted octanol–water partition coefficient (Wildman–Crippen LogP) is 1.18. The van der Waals surface area contributed by atoms with E-state index in [9.17, 15) is 4.79 Å². The lowest BCUT2D eigenvalue weighted by atomic mass is 9.95. The second-order valence-corrected chi connectivity index (χ2v) is 4.56. The zero-order valence-corrected chi connectivity index (χ0v) is 9.57. The lowest BCUT2D eigenvalue weighted by molar-refractivity contribution is -0.124. The molecule has 0 heterocycles. The Morgan fingerprint density at radius 2 is 2.06 bits per heavy atom. The molecule has 3 heteroatoms. The number of nitrogens with two attached hydrogens (primary N) is 1. The van der Waals surface area contributed by atoms with E-state index in [1.54, 1.807) is 0 Å². The normalized spacial score (nSPS) is 18.9. The van der Waals surface area contributed by atoms with Crippen LogP contribution in [0, 0.1) is 0 Å². The zero-order chi connectivity index (χ0) is 11.6. The first-order chi connectivity index (χ1) is 7.69. The Kier molecular flexibility index (Phi) is 2.97. The van der Waals surface area contributed by atoms with Crippen LogP contribution in [-0.4, -0.2) is 18.5 Å². The fraction of sp³-hybridized carbons (Fsp3) is 0.462. The van der Waals surface area contributed by atoms with Crippen LogP contribution in [0.25, 0.3) is 0 Å². The van der Waals surface area contributed by atoms with Gasteiger partial charge in [-0.1, -0.05) is 30.3 Å². The van der Waals surface area contributed by atoms with Gasteiger partial charge in [0.05, 0.1) is 5.41 Å². The molecule has 0 aromatic heterocycles. The van der Waals surface area contributed by atoms with Gasteiger partial charge in [0.25, 0.3) is 0 Å². The lowest BCUT2D eigenvalue weighted by Crippen LogP contribution is -2.43. The maximum atomic E-state index is 12.1. The molecule has 0 spiro atoms. The predicted molar refractivity (Wildman–Crippen MR) is 64.0 cm³/mol. The monoisotopic (exact) mass is 218 g/mol. The molecule has 16 heavy (non-hydrogen) atoms. The Balaban J connectivity index is 2.12. The van der Waals surface area contributed by atoms with Crippen LogP contribution in [-0.2, 0) is 10.2 Å². The van der Waals surface area contributed by atoms with Crippen LogP contribution in [0.5, 0.6) is 0 Å². The molecule has 1 amide bonds. The highest BCUT2D eigenvalue weighted by atomic mass is 16.2. The summed E-state index contributed by atoms with van der Waals surface area (Å²) in [6, 6.07) is 10.0. The van der Waals surface area contributed by atoms with Crippen LogP contribution in [0.3, 0.4) is 0 Å². The first-order valence-corrected chi connectivity index (χ1v) is 5.75. The van der Waals surface area contributed by atoms with Crippen LogP contribution >= 0.6 is 0 Å². The first kappa shape index (κ1) is 11.1. The number of hydrogen-bond donors (Lipinski definition) is 2. The van der Waals surface area contributed by atoms with Crippen LogP contribution in [0.15, 0.2) is 30.3 Å². The van der Waals surface area contributed by atoms with E-state index in [1.807, 2.05) is 37.3 Å². The van der Waals surface area contributed by atoms with Crippen molar-refractivity contribution in [2.45, 2.75) is 31.2 Å². The number of rotatable bonds is 4. The molecule has 1 aliphatic rings. The summed E-state index contributed by atoms with van der Waals surface area (Å²) < 4.78 is 0. The highest BCUT2D eigenvalue weighted by Crippen LogP contribution is 2.48. The molecule has 86 valence electrons. The highest BCUT2D eigenvalue weighted by Gasteiger charge is 2.51. The minimum atomic E-state index is -0.273. The summed E-state index contributed by atoms with van der Waals surface area (Å²) in [5.74, 6) is 0.122. The van der Waals surface area contributed by atoms with Gasteiger partial charge in [0.1, 0.15) is 0 Å². The summed E-state index contributed by atoms with van der Waals surface area (Å²) >= 11 is 0. The Morgan fingerprint density at radius 1 is 1.44 bits per heavy atom. The summed E-state index contributed by atoms with van der Waals surface area (Å²) in [6.45, 7) is 2.41. The molecule has 2 rings (SSSR count). The molecule has 1 saturated carbocycles. The van der Waals surface area contributed by atoms with E-state index in [4.69, 9.17) is 5.73 Å². The first-order valence-electron chi connectivity index (χ1n) is 5.75. The third-order valence-electron chi connectivity index (χ3n) is 3.24. The molecule has 0 bridgehead atoms. The minimum absolute atomic E-state index is 0.0497. The number of benzene rings is 1. The average Bonchev–Trinajstić information content (AvgIpc) is 3.11. The van der Waals surface area contributed by atoms with E-state index in [0.717, 1.165) is 18.4 Å². The number of carbonyl (C=O) groups excluding carboxylic acids is 1. The summed E-state index contributed by atoms with van der Waals surface area (Å²) in [7, 11) is 0. The van der Waals surface area contributed by atoms with Crippen molar-refractivity contribution in [3.05, 3.63) is 35.9 Å². The quantitative estimate of drug-likeness (QED) is 0.797. The molecule has 1 fully saturated rings. The Bertz CT molecular complexity index is 371. The van der Waals surface area contributed by atoms with E-state index < -0.39 is 0 Å². The fourth-order valence-corrected chi connectivity index (χ4v) is 1.95. The highest BCUT2D eigenvalue weighted by molar-refractivity contribution is 5.91. The van der Waals surface area contributed by atoms with Gasteiger partial charge in [0.2, 0.25) is 5.91 Å². The van der Waals surface area contributed by atoms with Crippen molar-refractivity contribution >= 4 is 5.91 Å². The van der Waals surface area contributed by atoms with Crippen LogP contribution in [0.4, 0.5) is 0 Å². The number of amides is 1. The smallest absolute Gasteiger partial charge is 0.230 e. The largest absolute Gasteiger partial charge is 0.352 e. The maximum absolute atomic E-state index is 12.1. The van der Waals surface area contributed by atoms with Crippen molar-refractivity contribution in [2.24, 2.45) is 5.73 Å². The third-order valence-corrected chi connectivity index (χ3v) is 3.24. The standard InChI is InChI=1S/C13H18N2O/c1-10(9-14)15-12(16)13(7-8-13)11-5-3-2-4-6-11/h2-6,10H,7-9,14H2,1H3,(H,15,16). The van der Waals surface area contributed by atoms with Crippen molar-refractivity contribution in [3.63, 3.8) is 0 Å². The van der Waals surface area contributed by atoms with Gasteiger partial charge in [0, 0.05) is 12.6 Å². The van der Waals surface area contributed by atoms with Crippen molar-refractivity contribution in [2.75, 3.05) is 6.54 Å². The van der Waals surface area contributed by atoms with Crippen molar-refractivity contribution in [1.29, 1.82) is 0 Å². The zero-order valence-electron chi connectivity index (χ0n) is 9.57. The Hall–Kier alpha value is -1.35. The molecule has 0 saturated heterocycles. The molecule has 1 aliphatic carbocycles. The van der Waals surface area contributed by atoms with E-state index >= 15 is 0 Å². The van der Waals surface area contributed by atoms with Crippen molar-refractivity contribution in [1.82, 2.24) is 5.32 Å². The molecular formula is C13H18N2O. The van der Waals surface area contributed by atoms with Gasteiger partial charge in [-0.3, -0.25) is 4.79 Å². The van der Waals surface area contributed by atoms with Gasteiger partial charge >= 0.3 is 0 Å². The Labute approximate surface area is 96.0 Å². The summed E-state index contributed by atoms with van der Waals surface area (Å²) in [4.78, 5) is 12.1. The van der Waals surface area contributed by atoms with Crippen LogP contribution in [0.2, 0.25) is 0 Å². The number of hydrogen-bond acceptors (Lipinski definition) is 2. The molecule has 0 aliphatic heterocycles. The van der Waals surface area contributed by atoms with Gasteiger partial charge in [0.15, 0.2) is 0 Å². The summed E-state index contributed by atoms with van der Waals surface area (Å²) in [5, 5.41) is 2.97. The molecular weight excluding hydrogens is 200 g/mol. The molecule has 1 aromatic carbocycles. The SMILES string of the molecule is CC(CN)NC(=O)C1(c2ccccc2)CC1. The van der Waals surface area contributed by atoms with E-state index in [2.05, 4.69) is 5.32 Å². The molecule has 1 unspecified atom stereocenters. The number of nitrogens with one attached hydrogen (secondary N) is 1. The van der Waals surface area contributed by atoms with Gasteiger partial charge in [-0.15, -0.1) is 0 Å². The molecule has 3 nitrogen and oxygen atoms in total. The van der Waals surface area contributed by atoms with Crippen molar-refractivity contribution in [3.8, 4) is 0 Å². The van der Waals surface area contributed by atoms with E-state index in [0.29, 0.717) is 6.54 Å². The van der Waals surface area contributed by atoms with Crippen molar-refractivity contribution < 1.29 is 4.79 Å². The maximum Gasteiger partial charge on any atom is 0.230 e. The second-order valence-electron chi connectivity index (χ2n) is 4.56. The second kappa shape index (κ2) is 4.26. The minimum Gasteiger partial charge on any atom is -0.352 e. The molecule has 1 atom stereocenters. The van der Waals surface area contributed by atoms with E-state index in [1.165, 1.54) is 0 Å². The van der Waals surface area contributed by atoms with Crippen LogP contribution < -0.4 is 11.1 Å². The third kappa shape index (κ3) is 1.95. The van der Waals surface area contributed by atoms with Gasteiger partial charge < -0.3 is 11.1 Å². The Morgan fingerprint density at radius 3 is 2.56 bits per heavy atom. The lowest BCUT2D eigenvalue weighted by Gasteiger charge is -2.18. The summed E-state index contributed by atoms with van der Waals surface area (Å²) in [5.41, 5.74) is 6.36. The van der Waals surface area contributed by atoms with Crippen LogP contribution in [0.1, 0.15) is 25.3 Å². The number of carbonyl (C=O) groups is 1. The topological polar surface area (TPSA) is 55.1 Å². The fourth-order valence-electron chi connectivity index (χ4n) is 1.95. The molecule has 0 radical (unpaired) electrons. The van der Waals surface area contributed by atoms with Gasteiger partial charge in [-0.05, 0) is 25.3 Å². The van der Waals surface area contributed by atoms with Gasteiger partial charge in [-0.2, -0.15) is 0 Å². The van der Waals surface area contributed by atoms with E-state index in [-0.39, 0.29) is 17.4 Å². The summed E-state index contributed by atoms with van der Waals surface area (Å²) in [6.07, 6.45) is 1.89. The average molecular weight is 218 g/mol. The molecule has 1 aromatic rings.